The Morgan fingerprint density at radius 2 is 1.95 bits per heavy atom. The molecule has 110 valence electrons. The maximum absolute atomic E-state index is 12.1. The van der Waals surface area contributed by atoms with E-state index in [1.807, 2.05) is 36.4 Å². The number of anilines is 2. The van der Waals surface area contributed by atoms with Crippen LogP contribution in [0.4, 0.5) is 11.4 Å². The minimum absolute atomic E-state index is 0.151. The quantitative estimate of drug-likeness (QED) is 0.561. The molecule has 0 radical (unpaired) electrons. The van der Waals surface area contributed by atoms with Crippen molar-refractivity contribution in [1.82, 2.24) is 5.32 Å². The lowest BCUT2D eigenvalue weighted by Gasteiger charge is -2.10. The number of nitrogens with one attached hydrogen (secondary N) is 2. The average molecular weight is 285 g/mol. The van der Waals surface area contributed by atoms with Gasteiger partial charge in [-0.2, -0.15) is 0 Å². The van der Waals surface area contributed by atoms with Crippen LogP contribution in [-0.2, 0) is 0 Å². The summed E-state index contributed by atoms with van der Waals surface area (Å²) in [7, 11) is 1.55. The second-order valence-electron chi connectivity index (χ2n) is 4.51. The molecule has 0 saturated heterocycles. The van der Waals surface area contributed by atoms with Crippen molar-refractivity contribution in [2.24, 2.45) is 0 Å². The second-order valence-corrected chi connectivity index (χ2v) is 4.51. The molecular formula is C16H19N3O2. The fourth-order valence-corrected chi connectivity index (χ4v) is 1.96. The first-order valence-electron chi connectivity index (χ1n) is 6.71. The van der Waals surface area contributed by atoms with Crippen LogP contribution >= 0.6 is 0 Å². The van der Waals surface area contributed by atoms with Crippen molar-refractivity contribution < 1.29 is 9.53 Å². The summed E-state index contributed by atoms with van der Waals surface area (Å²) in [6.45, 7) is 1.12. The van der Waals surface area contributed by atoms with Gasteiger partial charge >= 0.3 is 0 Å². The van der Waals surface area contributed by atoms with E-state index in [4.69, 9.17) is 10.5 Å². The van der Waals surface area contributed by atoms with Crippen LogP contribution in [0.5, 0.6) is 5.75 Å². The largest absolute Gasteiger partial charge is 0.496 e. The van der Waals surface area contributed by atoms with E-state index >= 15 is 0 Å². The molecule has 21 heavy (non-hydrogen) atoms. The number of methoxy groups -OCH3 is 1. The molecule has 0 aliphatic heterocycles. The topological polar surface area (TPSA) is 76.4 Å². The smallest absolute Gasteiger partial charge is 0.255 e. The lowest BCUT2D eigenvalue weighted by atomic mass is 10.2. The highest BCUT2D eigenvalue weighted by Gasteiger charge is 2.10. The molecule has 0 spiro atoms. The molecule has 0 atom stereocenters. The third-order valence-electron chi connectivity index (χ3n) is 2.98. The van der Waals surface area contributed by atoms with Gasteiger partial charge in [0, 0.05) is 24.5 Å². The Morgan fingerprint density at radius 3 is 2.71 bits per heavy atom. The van der Waals surface area contributed by atoms with Gasteiger partial charge in [0.05, 0.1) is 12.7 Å². The molecule has 2 aromatic rings. The number of carbonyl (C=O) groups is 1. The van der Waals surface area contributed by atoms with E-state index in [9.17, 15) is 4.79 Å². The number of ether oxygens (including phenoxy) is 1. The first kappa shape index (κ1) is 14.7. The molecule has 0 fully saturated rings. The third-order valence-corrected chi connectivity index (χ3v) is 2.98. The Morgan fingerprint density at radius 1 is 1.14 bits per heavy atom. The van der Waals surface area contributed by atoms with Crippen LogP contribution in [0.1, 0.15) is 10.4 Å². The number of nitrogens with two attached hydrogens (primary N) is 1. The van der Waals surface area contributed by atoms with Crippen molar-refractivity contribution in [2.45, 2.75) is 0 Å². The standard InChI is InChI=1S/C16H19N3O2/c1-21-15-8-3-2-7-14(15)16(20)19-10-9-18-13-6-4-5-12(17)11-13/h2-8,11,18H,9-10,17H2,1H3,(H,19,20). The van der Waals surface area contributed by atoms with E-state index in [1.54, 1.807) is 19.2 Å². The fraction of sp³-hybridized carbons (Fsp3) is 0.188. The molecule has 0 aromatic heterocycles. The van der Waals surface area contributed by atoms with Gasteiger partial charge in [-0.05, 0) is 30.3 Å². The summed E-state index contributed by atoms with van der Waals surface area (Å²) in [5, 5.41) is 6.04. The highest BCUT2D eigenvalue weighted by Crippen LogP contribution is 2.16. The summed E-state index contributed by atoms with van der Waals surface area (Å²) in [4.78, 5) is 12.1. The van der Waals surface area contributed by atoms with Gasteiger partial charge in [-0.3, -0.25) is 4.79 Å². The van der Waals surface area contributed by atoms with Crippen molar-refractivity contribution in [3.8, 4) is 5.75 Å². The van der Waals surface area contributed by atoms with Crippen LogP contribution in [0.3, 0.4) is 0 Å². The number of amides is 1. The van der Waals surface area contributed by atoms with Crippen LogP contribution in [-0.4, -0.2) is 26.1 Å². The number of nitrogen functional groups attached to an aromatic ring is 1. The molecule has 0 heterocycles. The van der Waals surface area contributed by atoms with Crippen molar-refractivity contribution in [3.05, 3.63) is 54.1 Å². The first-order valence-corrected chi connectivity index (χ1v) is 6.71. The number of carbonyl (C=O) groups excluding carboxylic acids is 1. The number of benzene rings is 2. The monoisotopic (exact) mass is 285 g/mol. The van der Waals surface area contributed by atoms with Gasteiger partial charge in [-0.25, -0.2) is 0 Å². The Bertz CT molecular complexity index is 614. The van der Waals surface area contributed by atoms with Gasteiger partial charge < -0.3 is 21.1 Å². The van der Waals surface area contributed by atoms with Crippen molar-refractivity contribution in [2.75, 3.05) is 31.2 Å². The maximum Gasteiger partial charge on any atom is 0.255 e. The number of hydrogen-bond donors (Lipinski definition) is 3. The molecular weight excluding hydrogens is 266 g/mol. The Kier molecular flexibility index (Phi) is 5.04. The molecule has 5 nitrogen and oxygen atoms in total. The number of rotatable bonds is 6. The molecule has 4 N–H and O–H groups in total. The minimum Gasteiger partial charge on any atom is -0.496 e. The van der Waals surface area contributed by atoms with Crippen LogP contribution < -0.4 is 21.1 Å². The number of para-hydroxylation sites is 1. The summed E-state index contributed by atoms with van der Waals surface area (Å²) in [5.41, 5.74) is 7.87. The summed E-state index contributed by atoms with van der Waals surface area (Å²) in [6, 6.07) is 14.6. The van der Waals surface area contributed by atoms with Gasteiger partial charge in [-0.15, -0.1) is 0 Å². The molecule has 0 aliphatic rings. The summed E-state index contributed by atoms with van der Waals surface area (Å²) in [6.07, 6.45) is 0. The molecule has 0 unspecified atom stereocenters. The van der Waals surface area contributed by atoms with E-state index in [1.165, 1.54) is 0 Å². The van der Waals surface area contributed by atoms with E-state index in [-0.39, 0.29) is 5.91 Å². The van der Waals surface area contributed by atoms with Crippen LogP contribution in [0.25, 0.3) is 0 Å². The van der Waals surface area contributed by atoms with Gasteiger partial charge in [0.15, 0.2) is 0 Å². The SMILES string of the molecule is COc1ccccc1C(=O)NCCNc1cccc(N)c1. The maximum atomic E-state index is 12.1. The lowest BCUT2D eigenvalue weighted by Crippen LogP contribution is -2.29. The molecule has 2 rings (SSSR count). The Hall–Kier alpha value is -2.69. The van der Waals surface area contributed by atoms with Gasteiger partial charge in [0.2, 0.25) is 0 Å². The molecule has 5 heteroatoms. The lowest BCUT2D eigenvalue weighted by molar-refractivity contribution is 0.0952. The summed E-state index contributed by atoms with van der Waals surface area (Å²) >= 11 is 0. The molecule has 2 aromatic carbocycles. The predicted molar refractivity (Wildman–Crippen MR) is 84.7 cm³/mol. The molecule has 0 bridgehead atoms. The normalized spacial score (nSPS) is 9.95. The van der Waals surface area contributed by atoms with Gasteiger partial charge in [0.25, 0.3) is 5.91 Å². The zero-order valence-electron chi connectivity index (χ0n) is 11.9. The van der Waals surface area contributed by atoms with Crippen LogP contribution in [0.15, 0.2) is 48.5 Å². The van der Waals surface area contributed by atoms with Crippen LogP contribution in [0.2, 0.25) is 0 Å². The molecule has 0 aliphatic carbocycles. The highest BCUT2D eigenvalue weighted by atomic mass is 16.5. The number of hydrogen-bond acceptors (Lipinski definition) is 4. The fourth-order valence-electron chi connectivity index (χ4n) is 1.96. The predicted octanol–water partition coefficient (Wildman–Crippen LogP) is 2.12. The summed E-state index contributed by atoms with van der Waals surface area (Å²) < 4.78 is 5.16. The first-order chi connectivity index (χ1) is 10.2. The van der Waals surface area contributed by atoms with E-state index in [2.05, 4.69) is 10.6 Å². The zero-order chi connectivity index (χ0) is 15.1. The van der Waals surface area contributed by atoms with Crippen LogP contribution in [0, 0.1) is 0 Å². The van der Waals surface area contributed by atoms with Gasteiger partial charge in [0.1, 0.15) is 5.75 Å². The average Bonchev–Trinajstić information content (AvgIpc) is 2.51. The molecule has 1 amide bonds. The Balaban J connectivity index is 1.82. The van der Waals surface area contributed by atoms with Crippen molar-refractivity contribution >= 4 is 17.3 Å². The highest BCUT2D eigenvalue weighted by molar-refractivity contribution is 5.96. The van der Waals surface area contributed by atoms with Gasteiger partial charge in [-0.1, -0.05) is 18.2 Å². The third kappa shape index (κ3) is 4.14. The van der Waals surface area contributed by atoms with Crippen molar-refractivity contribution in [1.29, 1.82) is 0 Å². The van der Waals surface area contributed by atoms with E-state index < -0.39 is 0 Å². The Labute approximate surface area is 124 Å². The summed E-state index contributed by atoms with van der Waals surface area (Å²) in [5.74, 6) is 0.417. The van der Waals surface area contributed by atoms with E-state index in [0.717, 1.165) is 5.69 Å². The second kappa shape index (κ2) is 7.19. The molecule has 0 saturated carbocycles. The minimum atomic E-state index is -0.151. The van der Waals surface area contributed by atoms with Crippen molar-refractivity contribution in [3.63, 3.8) is 0 Å². The van der Waals surface area contributed by atoms with E-state index in [0.29, 0.717) is 30.1 Å². The zero-order valence-corrected chi connectivity index (χ0v) is 11.9.